The van der Waals surface area contributed by atoms with Crippen LogP contribution in [-0.2, 0) is 20.7 Å². The maximum absolute atomic E-state index is 12.7. The number of hydrogen-bond donors (Lipinski definition) is 1. The Morgan fingerprint density at radius 3 is 2.42 bits per heavy atom. The first kappa shape index (κ1) is 24.7. The molecular weight excluding hydrogens is 458 g/mol. The van der Waals surface area contributed by atoms with Crippen LogP contribution in [0.2, 0.25) is 0 Å². The number of carbonyl (C=O) groups excluding carboxylic acids is 3. The van der Waals surface area contributed by atoms with Crippen molar-refractivity contribution in [3.8, 4) is 5.75 Å². The molecule has 2 amide bonds. The summed E-state index contributed by atoms with van der Waals surface area (Å²) in [6.45, 7) is -0.00833. The highest BCUT2D eigenvalue weighted by Crippen LogP contribution is 2.19. The van der Waals surface area contributed by atoms with Gasteiger partial charge in [0, 0.05) is 12.8 Å². The number of nitrogens with one attached hydrogen (secondary N) is 1. The summed E-state index contributed by atoms with van der Waals surface area (Å²) in [4.78, 5) is 37.8. The third kappa shape index (κ3) is 6.35. The van der Waals surface area contributed by atoms with Gasteiger partial charge < -0.3 is 14.8 Å². The van der Waals surface area contributed by atoms with Gasteiger partial charge in [0.05, 0.1) is 30.6 Å². The molecule has 0 spiro atoms. The van der Waals surface area contributed by atoms with Crippen molar-refractivity contribution < 1.29 is 23.9 Å². The second-order valence-corrected chi connectivity index (χ2v) is 8.20. The summed E-state index contributed by atoms with van der Waals surface area (Å²) in [7, 11) is 1.60. The Kier molecular flexibility index (Phi) is 8.08. The van der Waals surface area contributed by atoms with Crippen LogP contribution < -0.4 is 10.1 Å². The van der Waals surface area contributed by atoms with Crippen LogP contribution in [0.4, 0.5) is 5.69 Å². The summed E-state index contributed by atoms with van der Waals surface area (Å²) < 4.78 is 10.4. The highest BCUT2D eigenvalue weighted by molar-refractivity contribution is 6.03. The van der Waals surface area contributed by atoms with Gasteiger partial charge in [-0.3, -0.25) is 9.59 Å². The van der Waals surface area contributed by atoms with Gasteiger partial charge >= 0.3 is 5.97 Å². The molecule has 36 heavy (non-hydrogen) atoms. The smallest absolute Gasteiger partial charge is 0.340 e. The molecule has 0 aromatic heterocycles. The molecule has 1 heterocycles. The van der Waals surface area contributed by atoms with Crippen molar-refractivity contribution in [1.82, 2.24) is 5.01 Å². The van der Waals surface area contributed by atoms with E-state index in [4.69, 9.17) is 9.47 Å². The molecule has 8 nitrogen and oxygen atoms in total. The lowest BCUT2D eigenvalue weighted by molar-refractivity contribution is -0.134. The van der Waals surface area contributed by atoms with Crippen LogP contribution in [0.1, 0.15) is 34.3 Å². The van der Waals surface area contributed by atoms with Gasteiger partial charge in [0.1, 0.15) is 5.75 Å². The molecule has 1 N–H and O–H groups in total. The van der Waals surface area contributed by atoms with Crippen LogP contribution >= 0.6 is 0 Å². The molecule has 3 aromatic carbocycles. The molecule has 0 saturated heterocycles. The Labute approximate surface area is 209 Å². The van der Waals surface area contributed by atoms with E-state index in [9.17, 15) is 14.4 Å². The van der Waals surface area contributed by atoms with Crippen molar-refractivity contribution in [2.45, 2.75) is 19.3 Å². The van der Waals surface area contributed by atoms with Crippen LogP contribution in [0.5, 0.6) is 5.75 Å². The van der Waals surface area contributed by atoms with Gasteiger partial charge in [-0.25, -0.2) is 9.80 Å². The molecule has 0 saturated carbocycles. The largest absolute Gasteiger partial charge is 0.497 e. The number of rotatable bonds is 9. The number of para-hydroxylation sites is 1. The number of nitrogens with zero attached hydrogens (tertiary/aromatic N) is 2. The second kappa shape index (κ2) is 11.8. The molecule has 4 rings (SSSR count). The Morgan fingerprint density at radius 1 is 0.944 bits per heavy atom. The first-order chi connectivity index (χ1) is 17.5. The lowest BCUT2D eigenvalue weighted by Crippen LogP contribution is -2.29. The summed E-state index contributed by atoms with van der Waals surface area (Å²) in [5.74, 6) is -0.583. The number of anilines is 1. The molecule has 184 valence electrons. The lowest BCUT2D eigenvalue weighted by atomic mass is 10.1. The Bertz CT molecular complexity index is 1260. The van der Waals surface area contributed by atoms with Gasteiger partial charge in [0.25, 0.3) is 5.91 Å². The van der Waals surface area contributed by atoms with E-state index >= 15 is 0 Å². The fourth-order valence-corrected chi connectivity index (χ4v) is 3.78. The monoisotopic (exact) mass is 485 g/mol. The zero-order valence-electron chi connectivity index (χ0n) is 20.0. The SMILES string of the molecule is COc1ccc(CCC(=O)Nc2ccccc2C(=O)OCC(=O)N2CCC(c3ccccc3)=N2)cc1. The zero-order valence-corrected chi connectivity index (χ0v) is 20.0. The topological polar surface area (TPSA) is 97.3 Å². The fourth-order valence-electron chi connectivity index (χ4n) is 3.78. The van der Waals surface area contributed by atoms with Crippen molar-refractivity contribution in [2.75, 3.05) is 25.6 Å². The van der Waals surface area contributed by atoms with Crippen LogP contribution in [-0.4, -0.2) is 48.8 Å². The van der Waals surface area contributed by atoms with E-state index in [0.717, 1.165) is 22.6 Å². The number of carbonyl (C=O) groups is 3. The van der Waals surface area contributed by atoms with Crippen molar-refractivity contribution in [3.63, 3.8) is 0 Å². The van der Waals surface area contributed by atoms with Gasteiger partial charge in [-0.2, -0.15) is 5.10 Å². The second-order valence-electron chi connectivity index (χ2n) is 8.20. The third-order valence-electron chi connectivity index (χ3n) is 5.74. The van der Waals surface area contributed by atoms with Crippen molar-refractivity contribution in [2.24, 2.45) is 5.10 Å². The van der Waals surface area contributed by atoms with E-state index < -0.39 is 18.5 Å². The Hall–Kier alpha value is -4.46. The predicted molar refractivity (Wildman–Crippen MR) is 136 cm³/mol. The molecule has 0 unspecified atom stereocenters. The molecule has 1 aliphatic rings. The minimum absolute atomic E-state index is 0.179. The van der Waals surface area contributed by atoms with Crippen LogP contribution in [0.25, 0.3) is 0 Å². The number of ether oxygens (including phenoxy) is 2. The average Bonchev–Trinajstić information content (AvgIpc) is 3.42. The van der Waals surface area contributed by atoms with Crippen LogP contribution in [0, 0.1) is 0 Å². The Morgan fingerprint density at radius 2 is 1.67 bits per heavy atom. The number of aryl methyl sites for hydroxylation is 1. The zero-order chi connectivity index (χ0) is 25.3. The summed E-state index contributed by atoms with van der Waals surface area (Å²) in [5.41, 5.74) is 3.29. The van der Waals surface area contributed by atoms with Crippen molar-refractivity contribution >= 4 is 29.2 Å². The molecule has 0 aliphatic carbocycles. The number of amides is 2. The maximum Gasteiger partial charge on any atom is 0.340 e. The highest BCUT2D eigenvalue weighted by Gasteiger charge is 2.23. The molecular formula is C28H27N3O5. The van der Waals surface area contributed by atoms with E-state index in [-0.39, 0.29) is 17.9 Å². The van der Waals surface area contributed by atoms with E-state index in [1.165, 1.54) is 5.01 Å². The first-order valence-corrected chi connectivity index (χ1v) is 11.7. The maximum atomic E-state index is 12.7. The molecule has 0 atom stereocenters. The minimum Gasteiger partial charge on any atom is -0.497 e. The molecule has 3 aromatic rings. The van der Waals surface area contributed by atoms with Crippen molar-refractivity contribution in [1.29, 1.82) is 0 Å². The summed E-state index contributed by atoms with van der Waals surface area (Å²) in [6, 6.07) is 23.7. The van der Waals surface area contributed by atoms with E-state index in [2.05, 4.69) is 10.4 Å². The van der Waals surface area contributed by atoms with Crippen molar-refractivity contribution in [3.05, 3.63) is 95.6 Å². The average molecular weight is 486 g/mol. The predicted octanol–water partition coefficient (Wildman–Crippen LogP) is 4.06. The van der Waals surface area contributed by atoms with Gasteiger partial charge in [0.2, 0.25) is 5.91 Å². The Balaban J connectivity index is 1.30. The summed E-state index contributed by atoms with van der Waals surface area (Å²) in [5, 5.41) is 8.46. The van der Waals surface area contributed by atoms with Gasteiger partial charge in [-0.05, 0) is 41.8 Å². The van der Waals surface area contributed by atoms with Crippen LogP contribution in [0.3, 0.4) is 0 Å². The molecule has 0 bridgehead atoms. The minimum atomic E-state index is -0.694. The van der Waals surface area contributed by atoms with E-state index in [0.29, 0.717) is 25.1 Å². The number of esters is 1. The summed E-state index contributed by atoms with van der Waals surface area (Å²) >= 11 is 0. The summed E-state index contributed by atoms with van der Waals surface area (Å²) in [6.07, 6.45) is 1.41. The normalized spacial score (nSPS) is 12.6. The van der Waals surface area contributed by atoms with E-state index in [1.54, 1.807) is 31.4 Å². The standard InChI is InChI=1S/C28H27N3O5/c1-35-22-14-11-20(12-15-22)13-16-26(32)29-25-10-6-5-9-23(25)28(34)36-19-27(33)31-18-17-24(30-31)21-7-3-2-4-8-21/h2-12,14-15H,13,16-19H2,1H3,(H,29,32). The first-order valence-electron chi connectivity index (χ1n) is 11.7. The molecule has 0 radical (unpaired) electrons. The molecule has 8 heteroatoms. The van der Waals surface area contributed by atoms with Crippen LogP contribution in [0.15, 0.2) is 84.0 Å². The molecule has 0 fully saturated rings. The van der Waals surface area contributed by atoms with E-state index in [1.807, 2.05) is 54.6 Å². The quantitative estimate of drug-likeness (QED) is 0.461. The number of hydrazone groups is 1. The number of hydrogen-bond acceptors (Lipinski definition) is 6. The third-order valence-corrected chi connectivity index (χ3v) is 5.74. The lowest BCUT2D eigenvalue weighted by Gasteiger charge is -2.13. The number of methoxy groups -OCH3 is 1. The molecule has 1 aliphatic heterocycles. The number of benzene rings is 3. The van der Waals surface area contributed by atoms with Gasteiger partial charge in [-0.1, -0.05) is 54.6 Å². The van der Waals surface area contributed by atoms with Gasteiger partial charge in [0.15, 0.2) is 6.61 Å². The fraction of sp³-hybridized carbons (Fsp3) is 0.214. The van der Waals surface area contributed by atoms with Gasteiger partial charge in [-0.15, -0.1) is 0 Å². The highest BCUT2D eigenvalue weighted by atomic mass is 16.5.